The Morgan fingerprint density at radius 1 is 1.50 bits per heavy atom. The molecule has 1 fully saturated rings. The van der Waals surface area contributed by atoms with Crippen molar-refractivity contribution in [2.24, 2.45) is 0 Å². The van der Waals surface area contributed by atoms with Crippen LogP contribution >= 0.6 is 0 Å². The number of hydrogen-bond donors (Lipinski definition) is 2. The number of urea groups is 1. The minimum atomic E-state index is -3.03. The Morgan fingerprint density at radius 3 is 2.90 bits per heavy atom. The summed E-state index contributed by atoms with van der Waals surface area (Å²) in [6.07, 6.45) is 1.88. The molecule has 1 atom stereocenters. The second kappa shape index (κ2) is 5.82. The molecule has 7 nitrogen and oxygen atoms in total. The van der Waals surface area contributed by atoms with Gasteiger partial charge in [-0.05, 0) is 19.8 Å². The van der Waals surface area contributed by atoms with E-state index >= 15 is 0 Å². The van der Waals surface area contributed by atoms with E-state index in [1.165, 1.54) is 0 Å². The van der Waals surface area contributed by atoms with E-state index in [1.807, 2.05) is 6.92 Å². The van der Waals surface area contributed by atoms with Crippen molar-refractivity contribution in [3.8, 4) is 0 Å². The minimum Gasteiger partial charge on any atom is -0.359 e. The molecule has 0 bridgehead atoms. The standard InChI is InChI=1S/C12H19N3O4S/c1-3-10-11(8(2)15-19-10)14-12(16)13-9-5-4-6-20(17,18)7-9/h9H,3-7H2,1-2H3,(H2,13,14,16). The molecule has 0 aromatic carbocycles. The summed E-state index contributed by atoms with van der Waals surface area (Å²) < 4.78 is 28.1. The molecule has 1 aromatic rings. The molecule has 0 radical (unpaired) electrons. The molecular formula is C12H19N3O4S. The molecule has 2 N–H and O–H groups in total. The summed E-state index contributed by atoms with van der Waals surface area (Å²) in [5, 5.41) is 9.17. The zero-order chi connectivity index (χ0) is 14.8. The molecule has 112 valence electrons. The maximum atomic E-state index is 11.9. The molecule has 1 aliphatic rings. The van der Waals surface area contributed by atoms with E-state index in [0.29, 0.717) is 36.4 Å². The molecule has 2 rings (SSSR count). The van der Waals surface area contributed by atoms with Crippen LogP contribution in [-0.2, 0) is 16.3 Å². The number of sulfone groups is 1. The fourth-order valence-corrected chi connectivity index (χ4v) is 3.93. The van der Waals surface area contributed by atoms with E-state index in [0.717, 1.165) is 0 Å². The van der Waals surface area contributed by atoms with Crippen LogP contribution in [0.2, 0.25) is 0 Å². The Balaban J connectivity index is 1.97. The first-order valence-electron chi connectivity index (χ1n) is 6.64. The first-order valence-corrected chi connectivity index (χ1v) is 8.46. The van der Waals surface area contributed by atoms with Crippen LogP contribution < -0.4 is 10.6 Å². The highest BCUT2D eigenvalue weighted by Crippen LogP contribution is 2.20. The summed E-state index contributed by atoms with van der Waals surface area (Å²) in [4.78, 5) is 11.9. The van der Waals surface area contributed by atoms with Crippen LogP contribution in [0.5, 0.6) is 0 Å². The SMILES string of the molecule is CCc1onc(C)c1NC(=O)NC1CCCS(=O)(=O)C1. The Morgan fingerprint density at radius 2 is 2.25 bits per heavy atom. The lowest BCUT2D eigenvalue weighted by Gasteiger charge is -2.23. The third-order valence-corrected chi connectivity index (χ3v) is 5.11. The number of carbonyl (C=O) groups is 1. The van der Waals surface area contributed by atoms with Gasteiger partial charge in [0.2, 0.25) is 0 Å². The normalized spacial score (nSPS) is 21.4. The predicted octanol–water partition coefficient (Wildman–Crippen LogP) is 1.24. The highest BCUT2D eigenvalue weighted by Gasteiger charge is 2.26. The van der Waals surface area contributed by atoms with Gasteiger partial charge in [0.1, 0.15) is 11.4 Å². The van der Waals surface area contributed by atoms with Gasteiger partial charge in [0, 0.05) is 12.5 Å². The summed E-state index contributed by atoms with van der Waals surface area (Å²) >= 11 is 0. The van der Waals surface area contributed by atoms with E-state index in [-0.39, 0.29) is 17.5 Å². The van der Waals surface area contributed by atoms with Crippen molar-refractivity contribution in [1.82, 2.24) is 10.5 Å². The molecular weight excluding hydrogens is 282 g/mol. The summed E-state index contributed by atoms with van der Waals surface area (Å²) in [7, 11) is -3.03. The van der Waals surface area contributed by atoms with Crippen LogP contribution in [0.4, 0.5) is 10.5 Å². The second-order valence-corrected chi connectivity index (χ2v) is 7.20. The first-order chi connectivity index (χ1) is 9.41. The van der Waals surface area contributed by atoms with Gasteiger partial charge in [0.15, 0.2) is 15.6 Å². The quantitative estimate of drug-likeness (QED) is 0.874. The highest BCUT2D eigenvalue weighted by molar-refractivity contribution is 7.91. The van der Waals surface area contributed by atoms with Crippen LogP contribution in [0.15, 0.2) is 4.52 Å². The molecule has 1 aliphatic heterocycles. The summed E-state index contributed by atoms with van der Waals surface area (Å²) in [5.41, 5.74) is 1.16. The molecule has 2 amide bonds. The largest absolute Gasteiger partial charge is 0.359 e. The minimum absolute atomic E-state index is 0.00364. The van der Waals surface area contributed by atoms with Gasteiger partial charge < -0.3 is 15.2 Å². The van der Waals surface area contributed by atoms with Gasteiger partial charge in [0.05, 0.1) is 11.5 Å². The number of hydrogen-bond acceptors (Lipinski definition) is 5. The fraction of sp³-hybridized carbons (Fsp3) is 0.667. The van der Waals surface area contributed by atoms with Crippen molar-refractivity contribution in [3.05, 3.63) is 11.5 Å². The van der Waals surface area contributed by atoms with Crippen LogP contribution in [0.25, 0.3) is 0 Å². The Kier molecular flexibility index (Phi) is 4.32. The third-order valence-electron chi connectivity index (χ3n) is 3.29. The number of nitrogens with one attached hydrogen (secondary N) is 2. The lowest BCUT2D eigenvalue weighted by atomic mass is 10.2. The highest BCUT2D eigenvalue weighted by atomic mass is 32.2. The molecule has 1 unspecified atom stereocenters. The van der Waals surface area contributed by atoms with Gasteiger partial charge in [-0.25, -0.2) is 13.2 Å². The van der Waals surface area contributed by atoms with Crippen LogP contribution in [-0.4, -0.2) is 37.2 Å². The molecule has 8 heteroatoms. The number of anilines is 1. The smallest absolute Gasteiger partial charge is 0.319 e. The van der Waals surface area contributed by atoms with Gasteiger partial charge in [-0.15, -0.1) is 0 Å². The Hall–Kier alpha value is -1.57. The molecule has 2 heterocycles. The van der Waals surface area contributed by atoms with E-state index in [2.05, 4.69) is 15.8 Å². The second-order valence-electron chi connectivity index (χ2n) is 4.97. The van der Waals surface area contributed by atoms with Gasteiger partial charge in [-0.3, -0.25) is 0 Å². The Bertz CT molecular complexity index is 594. The molecule has 20 heavy (non-hydrogen) atoms. The Labute approximate surface area is 118 Å². The maximum absolute atomic E-state index is 11.9. The number of aryl methyl sites for hydroxylation is 2. The van der Waals surface area contributed by atoms with Crippen molar-refractivity contribution >= 4 is 21.6 Å². The molecule has 1 saturated heterocycles. The molecule has 1 aromatic heterocycles. The van der Waals surface area contributed by atoms with Gasteiger partial charge >= 0.3 is 6.03 Å². The van der Waals surface area contributed by atoms with Crippen LogP contribution in [0, 0.1) is 6.92 Å². The average Bonchev–Trinajstić information content (AvgIpc) is 2.69. The number of nitrogens with zero attached hydrogens (tertiary/aromatic N) is 1. The molecule has 0 aliphatic carbocycles. The third kappa shape index (κ3) is 3.50. The van der Waals surface area contributed by atoms with Gasteiger partial charge in [0.25, 0.3) is 0 Å². The average molecular weight is 301 g/mol. The van der Waals surface area contributed by atoms with Crippen molar-refractivity contribution in [2.45, 2.75) is 39.2 Å². The van der Waals surface area contributed by atoms with Crippen molar-refractivity contribution in [2.75, 3.05) is 16.8 Å². The summed E-state index contributed by atoms with van der Waals surface area (Å²) in [5.74, 6) is 0.815. The fourth-order valence-electron chi connectivity index (χ4n) is 2.29. The van der Waals surface area contributed by atoms with Crippen molar-refractivity contribution in [3.63, 3.8) is 0 Å². The van der Waals surface area contributed by atoms with Crippen LogP contribution in [0.1, 0.15) is 31.2 Å². The number of amides is 2. The predicted molar refractivity (Wildman–Crippen MR) is 74.4 cm³/mol. The van der Waals surface area contributed by atoms with Crippen molar-refractivity contribution < 1.29 is 17.7 Å². The number of aromatic nitrogens is 1. The topological polar surface area (TPSA) is 101 Å². The molecule has 0 spiro atoms. The molecule has 0 saturated carbocycles. The van der Waals surface area contributed by atoms with Crippen LogP contribution in [0.3, 0.4) is 0 Å². The van der Waals surface area contributed by atoms with Gasteiger partial charge in [-0.1, -0.05) is 12.1 Å². The zero-order valence-corrected chi connectivity index (χ0v) is 12.4. The summed E-state index contributed by atoms with van der Waals surface area (Å²) in [6.45, 7) is 3.64. The van der Waals surface area contributed by atoms with E-state index in [9.17, 15) is 13.2 Å². The lowest BCUT2D eigenvalue weighted by Crippen LogP contribution is -2.45. The van der Waals surface area contributed by atoms with E-state index < -0.39 is 15.9 Å². The number of rotatable bonds is 3. The maximum Gasteiger partial charge on any atom is 0.319 e. The monoisotopic (exact) mass is 301 g/mol. The lowest BCUT2D eigenvalue weighted by molar-refractivity contribution is 0.248. The van der Waals surface area contributed by atoms with E-state index in [4.69, 9.17) is 4.52 Å². The number of carbonyl (C=O) groups excluding carboxylic acids is 1. The van der Waals surface area contributed by atoms with Gasteiger partial charge in [-0.2, -0.15) is 0 Å². The first kappa shape index (κ1) is 14.8. The summed E-state index contributed by atoms with van der Waals surface area (Å²) in [6, 6.07) is -0.757. The zero-order valence-electron chi connectivity index (χ0n) is 11.6. The van der Waals surface area contributed by atoms with Crippen molar-refractivity contribution in [1.29, 1.82) is 0 Å². The van der Waals surface area contributed by atoms with E-state index in [1.54, 1.807) is 6.92 Å².